The third-order valence-electron chi connectivity index (χ3n) is 3.47. The Hall–Kier alpha value is -1.33. The van der Waals surface area contributed by atoms with E-state index in [1.54, 1.807) is 7.11 Å². The molecule has 5 nitrogen and oxygen atoms in total. The lowest BCUT2D eigenvalue weighted by Gasteiger charge is -2.26. The molecule has 100 valence electrons. The van der Waals surface area contributed by atoms with E-state index in [0.717, 1.165) is 25.1 Å². The van der Waals surface area contributed by atoms with Crippen molar-refractivity contribution in [2.75, 3.05) is 20.3 Å². The summed E-state index contributed by atoms with van der Waals surface area (Å²) in [6, 6.07) is 3.68. The van der Waals surface area contributed by atoms with E-state index in [0.29, 0.717) is 13.0 Å². The molecule has 0 aliphatic carbocycles. The van der Waals surface area contributed by atoms with Crippen molar-refractivity contribution in [3.8, 4) is 0 Å². The third kappa shape index (κ3) is 2.73. The lowest BCUT2D eigenvalue weighted by atomic mass is 10.1. The number of carbonyl (C=O) groups is 1. The summed E-state index contributed by atoms with van der Waals surface area (Å²) in [4.78, 5) is 17.4. The lowest BCUT2D eigenvalue weighted by molar-refractivity contribution is -0.134. The zero-order valence-corrected chi connectivity index (χ0v) is 10.8. The van der Waals surface area contributed by atoms with Crippen molar-refractivity contribution >= 4 is 5.91 Å². The number of ether oxygens (including phenoxy) is 1. The number of nitrogens with two attached hydrogens (primary N) is 1. The first-order chi connectivity index (χ1) is 8.74. The molecule has 0 saturated carbocycles. The number of hydrogen-bond donors (Lipinski definition) is 2. The molecular weight excluding hydrogens is 230 g/mol. The van der Waals surface area contributed by atoms with E-state index in [-0.39, 0.29) is 11.9 Å². The molecule has 1 fully saturated rings. The van der Waals surface area contributed by atoms with E-state index in [9.17, 15) is 4.79 Å². The number of methoxy groups -OCH3 is 1. The van der Waals surface area contributed by atoms with Crippen LogP contribution in [0.3, 0.4) is 0 Å². The summed E-state index contributed by atoms with van der Waals surface area (Å²) in [5.74, 6) is 0.0316. The fraction of sp³-hybridized carbons (Fsp3) is 0.615. The zero-order chi connectivity index (χ0) is 13.0. The van der Waals surface area contributed by atoms with Gasteiger partial charge in [0.1, 0.15) is 0 Å². The number of aromatic nitrogens is 1. The average molecular weight is 251 g/mol. The number of rotatable bonds is 5. The second-order valence-electron chi connectivity index (χ2n) is 4.70. The highest BCUT2D eigenvalue weighted by Gasteiger charge is 2.32. The van der Waals surface area contributed by atoms with Crippen LogP contribution >= 0.6 is 0 Å². The summed E-state index contributed by atoms with van der Waals surface area (Å²) in [6.45, 7) is 1.32. The highest BCUT2D eigenvalue weighted by molar-refractivity contribution is 5.82. The second kappa shape index (κ2) is 6.02. The minimum atomic E-state index is -0.458. The van der Waals surface area contributed by atoms with E-state index in [2.05, 4.69) is 4.98 Å². The van der Waals surface area contributed by atoms with Crippen LogP contribution in [-0.2, 0) is 9.53 Å². The molecule has 18 heavy (non-hydrogen) atoms. The van der Waals surface area contributed by atoms with Crippen LogP contribution in [0, 0.1) is 0 Å². The van der Waals surface area contributed by atoms with E-state index in [1.807, 2.05) is 23.2 Å². The number of carbonyl (C=O) groups excluding carboxylic acids is 1. The van der Waals surface area contributed by atoms with Gasteiger partial charge in [0.05, 0.1) is 12.1 Å². The second-order valence-corrected chi connectivity index (χ2v) is 4.70. The monoisotopic (exact) mass is 251 g/mol. The van der Waals surface area contributed by atoms with E-state index < -0.39 is 6.04 Å². The van der Waals surface area contributed by atoms with Crippen LogP contribution in [0.15, 0.2) is 18.3 Å². The molecule has 0 aromatic carbocycles. The summed E-state index contributed by atoms with van der Waals surface area (Å²) in [5, 5.41) is 0. The molecule has 0 radical (unpaired) electrons. The molecule has 5 heteroatoms. The van der Waals surface area contributed by atoms with E-state index in [4.69, 9.17) is 10.5 Å². The summed E-state index contributed by atoms with van der Waals surface area (Å²) in [7, 11) is 1.62. The first-order valence-corrected chi connectivity index (χ1v) is 6.42. The fourth-order valence-electron chi connectivity index (χ4n) is 2.49. The van der Waals surface area contributed by atoms with Crippen LogP contribution in [0.1, 0.15) is 31.0 Å². The third-order valence-corrected chi connectivity index (χ3v) is 3.47. The number of likely N-dealkylation sites (tertiary alicyclic amines) is 1. The first-order valence-electron chi connectivity index (χ1n) is 6.42. The Morgan fingerprint density at radius 3 is 3.22 bits per heavy atom. The highest BCUT2D eigenvalue weighted by Crippen LogP contribution is 2.31. The molecule has 1 aromatic rings. The summed E-state index contributed by atoms with van der Waals surface area (Å²) >= 11 is 0. The van der Waals surface area contributed by atoms with Crippen molar-refractivity contribution in [2.45, 2.75) is 31.3 Å². The lowest BCUT2D eigenvalue weighted by Crippen LogP contribution is -2.44. The van der Waals surface area contributed by atoms with Crippen LogP contribution in [0.25, 0.3) is 0 Å². The van der Waals surface area contributed by atoms with Gasteiger partial charge in [-0.05, 0) is 31.4 Å². The largest absolute Gasteiger partial charge is 0.385 e. The Morgan fingerprint density at radius 2 is 2.56 bits per heavy atom. The molecule has 3 N–H and O–H groups in total. The fourth-order valence-corrected chi connectivity index (χ4v) is 2.49. The van der Waals surface area contributed by atoms with Gasteiger partial charge in [0.2, 0.25) is 5.91 Å². The molecule has 2 heterocycles. The molecule has 2 atom stereocenters. The smallest absolute Gasteiger partial charge is 0.240 e. The van der Waals surface area contributed by atoms with Crippen LogP contribution < -0.4 is 5.73 Å². The molecule has 1 aromatic heterocycles. The number of nitrogens with one attached hydrogen (secondary N) is 1. The molecule has 1 aliphatic rings. The average Bonchev–Trinajstić information content (AvgIpc) is 3.03. The van der Waals surface area contributed by atoms with Gasteiger partial charge in [-0.15, -0.1) is 0 Å². The van der Waals surface area contributed by atoms with Gasteiger partial charge in [-0.25, -0.2) is 0 Å². The molecule has 2 unspecified atom stereocenters. The van der Waals surface area contributed by atoms with E-state index in [1.165, 1.54) is 0 Å². The van der Waals surface area contributed by atoms with Gasteiger partial charge in [-0.3, -0.25) is 4.79 Å². The quantitative estimate of drug-likeness (QED) is 0.821. The van der Waals surface area contributed by atoms with Crippen molar-refractivity contribution in [3.05, 3.63) is 24.0 Å². The molecule has 2 rings (SSSR count). The zero-order valence-electron chi connectivity index (χ0n) is 10.8. The van der Waals surface area contributed by atoms with Crippen LogP contribution in [0.4, 0.5) is 0 Å². The molecule has 1 saturated heterocycles. The van der Waals surface area contributed by atoms with Crippen LogP contribution in [0.2, 0.25) is 0 Å². The molecule has 0 bridgehead atoms. The minimum Gasteiger partial charge on any atom is -0.385 e. The van der Waals surface area contributed by atoms with Gasteiger partial charge < -0.3 is 20.4 Å². The molecule has 0 spiro atoms. The predicted octanol–water partition coefficient (Wildman–Crippen LogP) is 1.04. The summed E-state index contributed by atoms with van der Waals surface area (Å²) in [6.07, 6.45) is 4.50. The topological polar surface area (TPSA) is 71.3 Å². The van der Waals surface area contributed by atoms with Crippen molar-refractivity contribution in [2.24, 2.45) is 5.73 Å². The standard InChI is InChI=1S/C13H21N3O2/c1-18-9-6-10(14)13(17)16-8-3-5-12(16)11-4-2-7-15-11/h2,4,7,10,12,15H,3,5-6,8-9,14H2,1H3. The Labute approximate surface area is 107 Å². The molecular formula is C13H21N3O2. The maximum absolute atomic E-state index is 12.3. The predicted molar refractivity (Wildman–Crippen MR) is 68.9 cm³/mol. The number of amides is 1. The van der Waals surface area contributed by atoms with Gasteiger partial charge in [0, 0.05) is 32.2 Å². The number of aromatic amines is 1. The van der Waals surface area contributed by atoms with Crippen molar-refractivity contribution < 1.29 is 9.53 Å². The normalized spacial score (nSPS) is 21.2. The van der Waals surface area contributed by atoms with Crippen molar-refractivity contribution in [1.29, 1.82) is 0 Å². The Balaban J connectivity index is 2.00. The number of hydrogen-bond acceptors (Lipinski definition) is 3. The maximum atomic E-state index is 12.3. The first kappa shape index (κ1) is 13.1. The van der Waals surface area contributed by atoms with Crippen molar-refractivity contribution in [1.82, 2.24) is 9.88 Å². The summed E-state index contributed by atoms with van der Waals surface area (Å²) < 4.78 is 4.97. The van der Waals surface area contributed by atoms with Gasteiger partial charge >= 0.3 is 0 Å². The van der Waals surface area contributed by atoms with Gasteiger partial charge in [-0.1, -0.05) is 0 Å². The van der Waals surface area contributed by atoms with Crippen LogP contribution in [-0.4, -0.2) is 42.1 Å². The SMILES string of the molecule is COCCC(N)C(=O)N1CCCC1c1ccc[nH]1. The maximum Gasteiger partial charge on any atom is 0.240 e. The Morgan fingerprint density at radius 1 is 1.72 bits per heavy atom. The number of H-pyrrole nitrogens is 1. The Kier molecular flexibility index (Phi) is 4.38. The van der Waals surface area contributed by atoms with Crippen molar-refractivity contribution in [3.63, 3.8) is 0 Å². The molecule has 1 amide bonds. The van der Waals surface area contributed by atoms with E-state index >= 15 is 0 Å². The number of nitrogens with zero attached hydrogens (tertiary/aromatic N) is 1. The minimum absolute atomic E-state index is 0.0316. The van der Waals surface area contributed by atoms with Crippen LogP contribution in [0.5, 0.6) is 0 Å². The molecule has 1 aliphatic heterocycles. The van der Waals surface area contributed by atoms with Gasteiger partial charge in [0.25, 0.3) is 0 Å². The van der Waals surface area contributed by atoms with Gasteiger partial charge in [0.15, 0.2) is 0 Å². The highest BCUT2D eigenvalue weighted by atomic mass is 16.5. The Bertz CT molecular complexity index is 378. The summed E-state index contributed by atoms with van der Waals surface area (Å²) in [5.41, 5.74) is 7.01. The van der Waals surface area contributed by atoms with Gasteiger partial charge in [-0.2, -0.15) is 0 Å².